The number of aromatic nitrogens is 5. The highest BCUT2D eigenvalue weighted by Crippen LogP contribution is 2.28. The molecule has 1 N–H and O–H groups in total. The molecule has 0 fully saturated rings. The van der Waals surface area contributed by atoms with Gasteiger partial charge in [-0.05, 0) is 53.6 Å². The van der Waals surface area contributed by atoms with Crippen molar-refractivity contribution in [1.29, 1.82) is 0 Å². The highest BCUT2D eigenvalue weighted by Gasteiger charge is 2.17. The molecular weight excluding hydrogens is 475 g/mol. The second kappa shape index (κ2) is 11.0. The summed E-state index contributed by atoms with van der Waals surface area (Å²) in [5.74, 6) is 0.348. The highest BCUT2D eigenvalue weighted by molar-refractivity contribution is 7.99. The van der Waals surface area contributed by atoms with Crippen molar-refractivity contribution in [3.8, 4) is 17.1 Å². The maximum absolute atomic E-state index is 13.4. The minimum absolute atomic E-state index is 0.105. The number of amides is 1. The zero-order valence-electron chi connectivity index (χ0n) is 19.3. The van der Waals surface area contributed by atoms with E-state index in [1.54, 1.807) is 18.3 Å². The fourth-order valence-corrected chi connectivity index (χ4v) is 4.47. The Balaban J connectivity index is 1.23. The molecule has 0 atom stereocenters. The van der Waals surface area contributed by atoms with Gasteiger partial charge in [0.2, 0.25) is 5.91 Å². The van der Waals surface area contributed by atoms with E-state index >= 15 is 0 Å². The second-order valence-electron chi connectivity index (χ2n) is 8.07. The van der Waals surface area contributed by atoms with Gasteiger partial charge in [-0.1, -0.05) is 54.2 Å². The van der Waals surface area contributed by atoms with Gasteiger partial charge in [0.05, 0.1) is 12.3 Å². The van der Waals surface area contributed by atoms with Crippen molar-refractivity contribution in [2.75, 3.05) is 5.75 Å². The lowest BCUT2D eigenvalue weighted by atomic mass is 10.1. The van der Waals surface area contributed by atoms with Crippen molar-refractivity contribution >= 4 is 17.7 Å². The maximum atomic E-state index is 13.4. The molecule has 0 saturated carbocycles. The average molecular weight is 499 g/mol. The molecule has 0 saturated heterocycles. The summed E-state index contributed by atoms with van der Waals surface area (Å²) >= 11 is 1.30. The Morgan fingerprint density at radius 3 is 2.36 bits per heavy atom. The summed E-state index contributed by atoms with van der Waals surface area (Å²) in [6.07, 6.45) is 3.68. The Labute approximate surface area is 212 Å². The summed E-state index contributed by atoms with van der Waals surface area (Å²) in [5.41, 5.74) is 3.75. The largest absolute Gasteiger partial charge is 0.351 e. The summed E-state index contributed by atoms with van der Waals surface area (Å²) in [7, 11) is 0. The first kappa shape index (κ1) is 23.5. The number of hydrogen-bond donors (Lipinski definition) is 1. The Morgan fingerprint density at radius 1 is 0.889 bits per heavy atom. The fraction of sp³-hybridized carbons (Fsp3) is 0.111. The van der Waals surface area contributed by atoms with Crippen LogP contribution in [-0.2, 0) is 17.9 Å². The standard InChI is InChI=1S/C27H23FN6OS/c28-23-13-11-22(12-14-23)26-31-32-27(34(26)24-5-2-1-3-6-24)36-19-25(35)29-17-20-7-9-21(10-8-20)18-33-16-4-15-30-33/h1-16H,17-19H2,(H,29,35). The first-order valence-corrected chi connectivity index (χ1v) is 12.4. The normalized spacial score (nSPS) is 10.9. The molecule has 180 valence electrons. The molecule has 2 aromatic heterocycles. The van der Waals surface area contributed by atoms with Gasteiger partial charge < -0.3 is 5.32 Å². The summed E-state index contributed by atoms with van der Waals surface area (Å²) in [5, 5.41) is 16.4. The Hall–Kier alpha value is -4.24. The lowest BCUT2D eigenvalue weighted by Crippen LogP contribution is -2.24. The van der Waals surface area contributed by atoms with Crippen molar-refractivity contribution in [3.63, 3.8) is 0 Å². The molecular formula is C27H23FN6OS. The van der Waals surface area contributed by atoms with E-state index in [0.717, 1.165) is 22.4 Å². The topological polar surface area (TPSA) is 77.6 Å². The van der Waals surface area contributed by atoms with Crippen LogP contribution in [-0.4, -0.2) is 36.2 Å². The van der Waals surface area contributed by atoms with E-state index in [2.05, 4.69) is 20.6 Å². The third-order valence-electron chi connectivity index (χ3n) is 5.50. The number of para-hydroxylation sites is 1. The molecule has 5 rings (SSSR count). The van der Waals surface area contributed by atoms with Crippen LogP contribution in [0.2, 0.25) is 0 Å². The van der Waals surface area contributed by atoms with E-state index in [-0.39, 0.29) is 17.5 Å². The van der Waals surface area contributed by atoms with Gasteiger partial charge in [-0.2, -0.15) is 5.10 Å². The van der Waals surface area contributed by atoms with Crippen LogP contribution in [0.15, 0.2) is 102 Å². The number of benzene rings is 3. The Morgan fingerprint density at radius 2 is 1.64 bits per heavy atom. The molecule has 0 bridgehead atoms. The minimum Gasteiger partial charge on any atom is -0.351 e. The number of nitrogens with one attached hydrogen (secondary N) is 1. The zero-order chi connectivity index (χ0) is 24.7. The van der Waals surface area contributed by atoms with Gasteiger partial charge in [0.25, 0.3) is 0 Å². The van der Waals surface area contributed by atoms with E-state index in [1.165, 1.54) is 23.9 Å². The number of carbonyl (C=O) groups is 1. The molecule has 36 heavy (non-hydrogen) atoms. The molecule has 5 aromatic rings. The predicted octanol–water partition coefficient (Wildman–Crippen LogP) is 4.73. The summed E-state index contributed by atoms with van der Waals surface area (Å²) in [4.78, 5) is 12.6. The molecule has 7 nitrogen and oxygen atoms in total. The van der Waals surface area contributed by atoms with Gasteiger partial charge in [0.15, 0.2) is 11.0 Å². The second-order valence-corrected chi connectivity index (χ2v) is 9.01. The van der Waals surface area contributed by atoms with Gasteiger partial charge in [-0.25, -0.2) is 4.39 Å². The van der Waals surface area contributed by atoms with E-state index in [9.17, 15) is 9.18 Å². The van der Waals surface area contributed by atoms with Crippen molar-refractivity contribution in [3.05, 3.63) is 114 Å². The van der Waals surface area contributed by atoms with E-state index in [4.69, 9.17) is 0 Å². The van der Waals surface area contributed by atoms with Crippen molar-refractivity contribution in [1.82, 2.24) is 29.9 Å². The number of thioether (sulfide) groups is 1. The van der Waals surface area contributed by atoms with Crippen LogP contribution in [0.3, 0.4) is 0 Å². The van der Waals surface area contributed by atoms with Gasteiger partial charge >= 0.3 is 0 Å². The molecule has 1 amide bonds. The Kier molecular flexibility index (Phi) is 7.18. The molecule has 0 aliphatic heterocycles. The Bertz CT molecular complexity index is 1420. The molecule has 0 aliphatic carbocycles. The van der Waals surface area contributed by atoms with Crippen LogP contribution in [0.5, 0.6) is 0 Å². The van der Waals surface area contributed by atoms with Gasteiger partial charge in [0.1, 0.15) is 5.82 Å². The van der Waals surface area contributed by atoms with Crippen molar-refractivity contribution in [2.24, 2.45) is 0 Å². The number of hydrogen-bond acceptors (Lipinski definition) is 5. The molecule has 0 unspecified atom stereocenters. The smallest absolute Gasteiger partial charge is 0.230 e. The third kappa shape index (κ3) is 5.69. The highest BCUT2D eigenvalue weighted by atomic mass is 32.2. The van der Waals surface area contributed by atoms with Gasteiger partial charge in [0, 0.05) is 30.2 Å². The first-order valence-electron chi connectivity index (χ1n) is 11.4. The van der Waals surface area contributed by atoms with Crippen LogP contribution in [0.1, 0.15) is 11.1 Å². The van der Waals surface area contributed by atoms with Gasteiger partial charge in [-0.3, -0.25) is 14.0 Å². The number of nitrogens with zero attached hydrogens (tertiary/aromatic N) is 5. The lowest BCUT2D eigenvalue weighted by Gasteiger charge is -2.10. The van der Waals surface area contributed by atoms with E-state index in [0.29, 0.717) is 24.1 Å². The number of halogens is 1. The first-order chi connectivity index (χ1) is 17.7. The van der Waals surface area contributed by atoms with Crippen LogP contribution >= 0.6 is 11.8 Å². The maximum Gasteiger partial charge on any atom is 0.230 e. The summed E-state index contributed by atoms with van der Waals surface area (Å²) < 4.78 is 17.2. The summed E-state index contributed by atoms with van der Waals surface area (Å²) in [6, 6.07) is 25.8. The van der Waals surface area contributed by atoms with E-state index in [1.807, 2.05) is 76.1 Å². The third-order valence-corrected chi connectivity index (χ3v) is 6.43. The van der Waals surface area contributed by atoms with Crippen LogP contribution in [0, 0.1) is 5.82 Å². The monoisotopic (exact) mass is 498 g/mol. The minimum atomic E-state index is -0.316. The van der Waals surface area contributed by atoms with Gasteiger partial charge in [-0.15, -0.1) is 10.2 Å². The molecule has 3 aromatic carbocycles. The molecule has 0 aliphatic rings. The van der Waals surface area contributed by atoms with E-state index < -0.39 is 0 Å². The van der Waals surface area contributed by atoms with Crippen LogP contribution < -0.4 is 5.32 Å². The predicted molar refractivity (Wildman–Crippen MR) is 137 cm³/mol. The van der Waals surface area contributed by atoms with Crippen molar-refractivity contribution in [2.45, 2.75) is 18.2 Å². The van der Waals surface area contributed by atoms with Crippen molar-refractivity contribution < 1.29 is 9.18 Å². The summed E-state index contributed by atoms with van der Waals surface area (Å²) in [6.45, 7) is 1.14. The molecule has 2 heterocycles. The number of rotatable bonds is 9. The fourth-order valence-electron chi connectivity index (χ4n) is 3.68. The zero-order valence-corrected chi connectivity index (χ0v) is 20.1. The number of carbonyl (C=O) groups excluding carboxylic acids is 1. The average Bonchev–Trinajstić information content (AvgIpc) is 3.58. The molecule has 0 spiro atoms. The molecule has 9 heteroatoms. The molecule has 0 radical (unpaired) electrons. The van der Waals surface area contributed by atoms with Crippen LogP contribution in [0.4, 0.5) is 4.39 Å². The van der Waals surface area contributed by atoms with Crippen LogP contribution in [0.25, 0.3) is 17.1 Å². The SMILES string of the molecule is O=C(CSc1nnc(-c2ccc(F)cc2)n1-c1ccccc1)NCc1ccc(Cn2cccn2)cc1. The quantitative estimate of drug-likeness (QED) is 0.298. The lowest BCUT2D eigenvalue weighted by molar-refractivity contribution is -0.118.